The van der Waals surface area contributed by atoms with Gasteiger partial charge in [0.05, 0.1) is 25.6 Å². The first-order valence-electron chi connectivity index (χ1n) is 6.90. The molecule has 0 radical (unpaired) electrons. The van der Waals surface area contributed by atoms with E-state index < -0.39 is 24.0 Å². The summed E-state index contributed by atoms with van der Waals surface area (Å²) in [5, 5.41) is 30.5. The SMILES string of the molecule is O=c1[nH]c(NCCO)nc2c1ncn2[C@@H]1C[C@@H](O)[C@H](CO)O1. The van der Waals surface area contributed by atoms with Crippen molar-refractivity contribution in [3.63, 3.8) is 0 Å². The Labute approximate surface area is 124 Å². The number of ether oxygens (including phenoxy) is 1. The van der Waals surface area contributed by atoms with Crippen molar-refractivity contribution in [1.82, 2.24) is 19.5 Å². The molecule has 2 aromatic rings. The quantitative estimate of drug-likeness (QED) is 0.433. The third-order valence-electron chi connectivity index (χ3n) is 3.53. The summed E-state index contributed by atoms with van der Waals surface area (Å²) in [4.78, 5) is 22.8. The van der Waals surface area contributed by atoms with Crippen LogP contribution in [0.25, 0.3) is 11.2 Å². The standard InChI is InChI=1S/C12H17N5O5/c18-2-1-13-12-15-10-9(11(21)16-12)14-5-17(10)8-3-6(20)7(4-19)22-8/h5-8,18-20H,1-4H2,(H2,13,15,16,21)/t6-,7+,8+/m1/s1. The lowest BCUT2D eigenvalue weighted by atomic mass is 10.2. The van der Waals surface area contributed by atoms with Crippen LogP contribution in [0.3, 0.4) is 0 Å². The highest BCUT2D eigenvalue weighted by Gasteiger charge is 2.35. The molecule has 10 nitrogen and oxygen atoms in total. The van der Waals surface area contributed by atoms with E-state index in [-0.39, 0.29) is 37.6 Å². The van der Waals surface area contributed by atoms with Gasteiger partial charge in [-0.05, 0) is 0 Å². The number of nitrogens with zero attached hydrogens (tertiary/aromatic N) is 3. The second-order valence-electron chi connectivity index (χ2n) is 5.00. The number of aromatic nitrogens is 4. The van der Waals surface area contributed by atoms with Crippen molar-refractivity contribution < 1.29 is 20.1 Å². The number of anilines is 1. The predicted molar refractivity (Wildman–Crippen MR) is 75.3 cm³/mol. The molecule has 0 aliphatic carbocycles. The molecule has 0 bridgehead atoms. The summed E-state index contributed by atoms with van der Waals surface area (Å²) in [7, 11) is 0. The van der Waals surface area contributed by atoms with E-state index >= 15 is 0 Å². The monoisotopic (exact) mass is 311 g/mol. The van der Waals surface area contributed by atoms with Crippen molar-refractivity contribution >= 4 is 17.1 Å². The van der Waals surface area contributed by atoms with E-state index in [2.05, 4.69) is 20.3 Å². The number of nitrogens with one attached hydrogen (secondary N) is 2. The molecule has 10 heteroatoms. The lowest BCUT2D eigenvalue weighted by Crippen LogP contribution is -2.24. The summed E-state index contributed by atoms with van der Waals surface area (Å²) in [6.45, 7) is -0.146. The minimum absolute atomic E-state index is 0.100. The Morgan fingerprint density at radius 1 is 1.50 bits per heavy atom. The third kappa shape index (κ3) is 2.57. The van der Waals surface area contributed by atoms with Gasteiger partial charge in [0.25, 0.3) is 5.56 Å². The van der Waals surface area contributed by atoms with Gasteiger partial charge in [0, 0.05) is 13.0 Å². The minimum Gasteiger partial charge on any atom is -0.395 e. The van der Waals surface area contributed by atoms with E-state index in [0.29, 0.717) is 5.65 Å². The predicted octanol–water partition coefficient (Wildman–Crippen LogP) is -1.84. The zero-order valence-electron chi connectivity index (χ0n) is 11.6. The first-order valence-corrected chi connectivity index (χ1v) is 6.90. The van der Waals surface area contributed by atoms with E-state index in [9.17, 15) is 9.90 Å². The molecule has 1 aliphatic heterocycles. The molecular weight excluding hydrogens is 294 g/mol. The highest BCUT2D eigenvalue weighted by atomic mass is 16.5. The van der Waals surface area contributed by atoms with Gasteiger partial charge in [-0.1, -0.05) is 0 Å². The summed E-state index contributed by atoms with van der Waals surface area (Å²) in [6.07, 6.45) is -0.334. The normalized spacial score (nSPS) is 25.0. The zero-order valence-corrected chi connectivity index (χ0v) is 11.6. The van der Waals surface area contributed by atoms with E-state index in [1.54, 1.807) is 4.57 Å². The maximum Gasteiger partial charge on any atom is 0.280 e. The Kier molecular flexibility index (Phi) is 4.07. The second kappa shape index (κ2) is 6.01. The van der Waals surface area contributed by atoms with Crippen molar-refractivity contribution in [3.8, 4) is 0 Å². The van der Waals surface area contributed by atoms with Crippen LogP contribution in [0.15, 0.2) is 11.1 Å². The number of aliphatic hydroxyl groups excluding tert-OH is 3. The van der Waals surface area contributed by atoms with Gasteiger partial charge in [-0.3, -0.25) is 14.3 Å². The van der Waals surface area contributed by atoms with Gasteiger partial charge in [-0.25, -0.2) is 4.98 Å². The second-order valence-corrected chi connectivity index (χ2v) is 5.00. The summed E-state index contributed by atoms with van der Waals surface area (Å²) in [6, 6.07) is 0. The topological polar surface area (TPSA) is 146 Å². The van der Waals surface area contributed by atoms with Crippen LogP contribution in [0.4, 0.5) is 5.95 Å². The van der Waals surface area contributed by atoms with Gasteiger partial charge in [-0.2, -0.15) is 4.98 Å². The van der Waals surface area contributed by atoms with Crippen molar-refractivity contribution in [2.24, 2.45) is 0 Å². The fourth-order valence-electron chi connectivity index (χ4n) is 2.45. The number of aliphatic hydroxyl groups is 3. The Balaban J connectivity index is 1.97. The van der Waals surface area contributed by atoms with Crippen LogP contribution < -0.4 is 10.9 Å². The van der Waals surface area contributed by atoms with Crippen LogP contribution in [0, 0.1) is 0 Å². The molecule has 3 atom stereocenters. The highest BCUT2D eigenvalue weighted by Crippen LogP contribution is 2.30. The van der Waals surface area contributed by atoms with Gasteiger partial charge >= 0.3 is 0 Å². The molecule has 3 heterocycles. The van der Waals surface area contributed by atoms with Gasteiger partial charge in [-0.15, -0.1) is 0 Å². The first kappa shape index (κ1) is 14.9. The van der Waals surface area contributed by atoms with Crippen molar-refractivity contribution in [2.45, 2.75) is 24.9 Å². The number of fused-ring (bicyclic) bond motifs is 1. The van der Waals surface area contributed by atoms with Gasteiger partial charge in [0.2, 0.25) is 5.95 Å². The van der Waals surface area contributed by atoms with Crippen LogP contribution in [-0.4, -0.2) is 66.8 Å². The lowest BCUT2D eigenvalue weighted by Gasteiger charge is -2.13. The van der Waals surface area contributed by atoms with Crippen molar-refractivity contribution in [3.05, 3.63) is 16.7 Å². The van der Waals surface area contributed by atoms with Gasteiger partial charge in [0.1, 0.15) is 12.3 Å². The lowest BCUT2D eigenvalue weighted by molar-refractivity contribution is -0.0432. The summed E-state index contributed by atoms with van der Waals surface area (Å²) < 4.78 is 7.10. The van der Waals surface area contributed by atoms with Crippen LogP contribution >= 0.6 is 0 Å². The first-order chi connectivity index (χ1) is 10.6. The van der Waals surface area contributed by atoms with Crippen LogP contribution in [0.1, 0.15) is 12.6 Å². The van der Waals surface area contributed by atoms with Gasteiger partial charge in [0.15, 0.2) is 11.2 Å². The highest BCUT2D eigenvalue weighted by molar-refractivity contribution is 5.70. The zero-order chi connectivity index (χ0) is 15.7. The number of aromatic amines is 1. The molecule has 0 amide bonds. The molecule has 2 aromatic heterocycles. The molecule has 1 saturated heterocycles. The van der Waals surface area contributed by atoms with Crippen LogP contribution in [-0.2, 0) is 4.74 Å². The summed E-state index contributed by atoms with van der Waals surface area (Å²) in [5.74, 6) is 0.213. The Morgan fingerprint density at radius 2 is 2.32 bits per heavy atom. The number of hydrogen-bond acceptors (Lipinski definition) is 8. The van der Waals surface area contributed by atoms with E-state index in [4.69, 9.17) is 14.9 Å². The maximum atomic E-state index is 12.0. The molecule has 120 valence electrons. The summed E-state index contributed by atoms with van der Waals surface area (Å²) >= 11 is 0. The number of imidazole rings is 1. The van der Waals surface area contributed by atoms with E-state index in [1.165, 1.54) is 6.33 Å². The summed E-state index contributed by atoms with van der Waals surface area (Å²) in [5.41, 5.74) is 0.0431. The molecule has 1 aliphatic rings. The smallest absolute Gasteiger partial charge is 0.280 e. The average Bonchev–Trinajstić information content (AvgIpc) is 3.08. The number of rotatable bonds is 5. The van der Waals surface area contributed by atoms with E-state index in [0.717, 1.165) is 0 Å². The number of H-pyrrole nitrogens is 1. The molecular formula is C12H17N5O5. The molecule has 5 N–H and O–H groups in total. The minimum atomic E-state index is -0.790. The molecule has 22 heavy (non-hydrogen) atoms. The third-order valence-corrected chi connectivity index (χ3v) is 3.53. The number of hydrogen-bond donors (Lipinski definition) is 5. The van der Waals surface area contributed by atoms with Gasteiger partial charge < -0.3 is 25.4 Å². The molecule has 3 rings (SSSR count). The van der Waals surface area contributed by atoms with Crippen molar-refractivity contribution in [2.75, 3.05) is 25.1 Å². The maximum absolute atomic E-state index is 12.0. The van der Waals surface area contributed by atoms with Crippen molar-refractivity contribution in [1.29, 1.82) is 0 Å². The Morgan fingerprint density at radius 3 is 3.00 bits per heavy atom. The fourth-order valence-corrected chi connectivity index (χ4v) is 2.45. The fraction of sp³-hybridized carbons (Fsp3) is 0.583. The van der Waals surface area contributed by atoms with E-state index in [1.807, 2.05) is 0 Å². The molecule has 0 aromatic carbocycles. The molecule has 0 spiro atoms. The average molecular weight is 311 g/mol. The largest absolute Gasteiger partial charge is 0.395 e. The Hall–Kier alpha value is -2.01. The molecule has 0 unspecified atom stereocenters. The van der Waals surface area contributed by atoms with Crippen LogP contribution in [0.5, 0.6) is 0 Å². The molecule has 0 saturated carbocycles. The Bertz CT molecular complexity index is 713. The van der Waals surface area contributed by atoms with Crippen LogP contribution in [0.2, 0.25) is 0 Å². The molecule has 1 fully saturated rings.